The van der Waals surface area contributed by atoms with Gasteiger partial charge in [0.2, 0.25) is 5.91 Å². The summed E-state index contributed by atoms with van der Waals surface area (Å²) in [5, 5.41) is 11.8. The zero-order chi connectivity index (χ0) is 15.1. The van der Waals surface area contributed by atoms with Gasteiger partial charge >= 0.3 is 0 Å². The molecule has 1 saturated heterocycles. The van der Waals surface area contributed by atoms with Gasteiger partial charge in [-0.1, -0.05) is 6.07 Å². The van der Waals surface area contributed by atoms with Crippen molar-refractivity contribution in [3.05, 3.63) is 29.8 Å². The molecule has 0 saturated carbocycles. The van der Waals surface area contributed by atoms with Crippen LogP contribution < -0.4 is 10.1 Å². The van der Waals surface area contributed by atoms with E-state index in [2.05, 4.69) is 16.3 Å². The molecule has 1 fully saturated rings. The van der Waals surface area contributed by atoms with Gasteiger partial charge in [-0.05, 0) is 31.0 Å². The Morgan fingerprint density at radius 1 is 1.57 bits per heavy atom. The Kier molecular flexibility index (Phi) is 5.59. The molecule has 1 aromatic rings. The van der Waals surface area contributed by atoms with E-state index in [1.165, 1.54) is 0 Å². The van der Waals surface area contributed by atoms with Gasteiger partial charge in [0.1, 0.15) is 5.75 Å². The van der Waals surface area contributed by atoms with Crippen LogP contribution in [0.4, 0.5) is 0 Å². The summed E-state index contributed by atoms with van der Waals surface area (Å²) in [4.78, 5) is 13.3. The lowest BCUT2D eigenvalue weighted by Crippen LogP contribution is -2.35. The van der Waals surface area contributed by atoms with Crippen molar-refractivity contribution in [2.45, 2.75) is 25.8 Å². The van der Waals surface area contributed by atoms with Crippen LogP contribution in [-0.4, -0.2) is 43.1 Å². The fourth-order valence-corrected chi connectivity index (χ4v) is 2.57. The number of nitriles is 1. The molecular weight excluding hydrogens is 266 g/mol. The molecule has 0 radical (unpaired) electrons. The van der Waals surface area contributed by atoms with Crippen molar-refractivity contribution in [1.82, 2.24) is 10.2 Å². The summed E-state index contributed by atoms with van der Waals surface area (Å²) in [5.74, 6) is 0.786. The zero-order valence-corrected chi connectivity index (χ0v) is 12.3. The van der Waals surface area contributed by atoms with Crippen molar-refractivity contribution >= 4 is 5.91 Å². The molecule has 1 amide bonds. The Morgan fingerprint density at radius 2 is 2.43 bits per heavy atom. The molecule has 112 valence electrons. The van der Waals surface area contributed by atoms with E-state index in [9.17, 15) is 4.79 Å². The lowest BCUT2D eigenvalue weighted by atomic mass is 10.2. The lowest BCUT2D eigenvalue weighted by molar-refractivity contribution is -0.119. The molecule has 2 rings (SSSR count). The van der Waals surface area contributed by atoms with Crippen LogP contribution >= 0.6 is 0 Å². The summed E-state index contributed by atoms with van der Waals surface area (Å²) in [6, 6.07) is 9.59. The highest BCUT2D eigenvalue weighted by Gasteiger charge is 2.22. The molecule has 1 aromatic carbocycles. The number of carbonyl (C=O) groups excluding carboxylic acids is 1. The number of carbonyl (C=O) groups is 1. The van der Waals surface area contributed by atoms with Gasteiger partial charge in [-0.15, -0.1) is 0 Å². The first-order chi connectivity index (χ1) is 10.2. The van der Waals surface area contributed by atoms with Gasteiger partial charge in [0.25, 0.3) is 0 Å². The summed E-state index contributed by atoms with van der Waals surface area (Å²) in [5.41, 5.74) is 0.616. The first kappa shape index (κ1) is 15.3. The predicted molar refractivity (Wildman–Crippen MR) is 79.9 cm³/mol. The second kappa shape index (κ2) is 7.65. The van der Waals surface area contributed by atoms with Gasteiger partial charge in [-0.3, -0.25) is 4.79 Å². The Bertz CT molecular complexity index is 524. The molecular formula is C16H21N3O2. The van der Waals surface area contributed by atoms with E-state index in [1.54, 1.807) is 19.1 Å². The topological polar surface area (TPSA) is 65.4 Å². The van der Waals surface area contributed by atoms with E-state index in [0.717, 1.165) is 38.2 Å². The number of rotatable bonds is 6. The van der Waals surface area contributed by atoms with Gasteiger partial charge < -0.3 is 15.0 Å². The molecule has 0 aromatic heterocycles. The number of benzene rings is 1. The van der Waals surface area contributed by atoms with E-state index in [-0.39, 0.29) is 11.9 Å². The van der Waals surface area contributed by atoms with Crippen LogP contribution in [0.3, 0.4) is 0 Å². The summed E-state index contributed by atoms with van der Waals surface area (Å²) < 4.78 is 5.65. The highest BCUT2D eigenvalue weighted by molar-refractivity contribution is 5.73. The van der Waals surface area contributed by atoms with Crippen molar-refractivity contribution in [2.24, 2.45) is 0 Å². The summed E-state index contributed by atoms with van der Waals surface area (Å²) >= 11 is 0. The monoisotopic (exact) mass is 287 g/mol. The molecule has 0 aliphatic carbocycles. The minimum atomic E-state index is 0.0440. The van der Waals surface area contributed by atoms with Gasteiger partial charge in [0, 0.05) is 32.6 Å². The lowest BCUT2D eigenvalue weighted by Gasteiger charge is -2.16. The molecule has 5 nitrogen and oxygen atoms in total. The highest BCUT2D eigenvalue weighted by atomic mass is 16.5. The molecule has 1 aliphatic rings. The molecule has 1 N–H and O–H groups in total. The number of ether oxygens (including phenoxy) is 1. The molecule has 1 heterocycles. The van der Waals surface area contributed by atoms with Crippen molar-refractivity contribution < 1.29 is 9.53 Å². The summed E-state index contributed by atoms with van der Waals surface area (Å²) in [6.07, 6.45) is 1.95. The minimum absolute atomic E-state index is 0.0440. The second-order valence-corrected chi connectivity index (χ2v) is 5.33. The average Bonchev–Trinajstić information content (AvgIpc) is 2.90. The second-order valence-electron chi connectivity index (χ2n) is 5.33. The van der Waals surface area contributed by atoms with Gasteiger partial charge in [0.05, 0.1) is 18.2 Å². The molecule has 0 bridgehead atoms. The van der Waals surface area contributed by atoms with Crippen LogP contribution in [0.25, 0.3) is 0 Å². The third-order valence-electron chi connectivity index (χ3n) is 3.53. The maximum Gasteiger partial charge on any atom is 0.217 e. The Labute approximate surface area is 125 Å². The van der Waals surface area contributed by atoms with Crippen LogP contribution in [0.1, 0.15) is 25.3 Å². The van der Waals surface area contributed by atoms with E-state index in [0.29, 0.717) is 12.2 Å². The number of likely N-dealkylation sites (tertiary alicyclic amines) is 1. The van der Waals surface area contributed by atoms with Crippen LogP contribution in [-0.2, 0) is 4.79 Å². The molecule has 21 heavy (non-hydrogen) atoms. The number of hydrogen-bond acceptors (Lipinski definition) is 4. The smallest absolute Gasteiger partial charge is 0.217 e. The summed E-state index contributed by atoms with van der Waals surface area (Å²) in [6.45, 7) is 5.11. The van der Waals surface area contributed by atoms with Crippen LogP contribution in [0.5, 0.6) is 5.75 Å². The largest absolute Gasteiger partial charge is 0.494 e. The fourth-order valence-electron chi connectivity index (χ4n) is 2.57. The van der Waals surface area contributed by atoms with Gasteiger partial charge in [0.15, 0.2) is 0 Å². The van der Waals surface area contributed by atoms with Crippen LogP contribution in [0, 0.1) is 11.3 Å². The van der Waals surface area contributed by atoms with Crippen LogP contribution in [0.2, 0.25) is 0 Å². The third kappa shape index (κ3) is 5.09. The van der Waals surface area contributed by atoms with Crippen molar-refractivity contribution in [3.63, 3.8) is 0 Å². The highest BCUT2D eigenvalue weighted by Crippen LogP contribution is 2.13. The van der Waals surface area contributed by atoms with Crippen molar-refractivity contribution in [2.75, 3.05) is 26.2 Å². The zero-order valence-electron chi connectivity index (χ0n) is 12.3. The standard InChI is InChI=1S/C16H21N3O2/c1-13(20)18-15-6-8-19(12-15)7-3-9-21-16-5-2-4-14(10-16)11-17/h2,4-5,10,15H,3,6-9,12H2,1H3,(H,18,20). The maximum absolute atomic E-state index is 11.0. The molecule has 0 spiro atoms. The normalized spacial score (nSPS) is 18.2. The Balaban J connectivity index is 1.64. The predicted octanol–water partition coefficient (Wildman–Crippen LogP) is 1.54. The Hall–Kier alpha value is -2.06. The van der Waals surface area contributed by atoms with E-state index in [1.807, 2.05) is 12.1 Å². The number of hydrogen-bond donors (Lipinski definition) is 1. The van der Waals surface area contributed by atoms with E-state index in [4.69, 9.17) is 10.00 Å². The van der Waals surface area contributed by atoms with Gasteiger partial charge in [-0.25, -0.2) is 0 Å². The minimum Gasteiger partial charge on any atom is -0.494 e. The molecule has 1 unspecified atom stereocenters. The first-order valence-electron chi connectivity index (χ1n) is 7.30. The fraction of sp³-hybridized carbons (Fsp3) is 0.500. The SMILES string of the molecule is CC(=O)NC1CCN(CCCOc2cccc(C#N)c2)C1. The molecule has 1 atom stereocenters. The molecule has 1 aliphatic heterocycles. The number of nitrogens with zero attached hydrogens (tertiary/aromatic N) is 2. The average molecular weight is 287 g/mol. The van der Waals surface area contributed by atoms with E-state index >= 15 is 0 Å². The van der Waals surface area contributed by atoms with Gasteiger partial charge in [-0.2, -0.15) is 5.26 Å². The Morgan fingerprint density at radius 3 is 3.19 bits per heavy atom. The summed E-state index contributed by atoms with van der Waals surface area (Å²) in [7, 11) is 0. The van der Waals surface area contributed by atoms with E-state index < -0.39 is 0 Å². The number of nitrogens with one attached hydrogen (secondary N) is 1. The maximum atomic E-state index is 11.0. The quantitative estimate of drug-likeness (QED) is 0.806. The van der Waals surface area contributed by atoms with Crippen molar-refractivity contribution in [3.8, 4) is 11.8 Å². The number of amides is 1. The first-order valence-corrected chi connectivity index (χ1v) is 7.30. The molecule has 5 heteroatoms. The van der Waals surface area contributed by atoms with Crippen LogP contribution in [0.15, 0.2) is 24.3 Å². The third-order valence-corrected chi connectivity index (χ3v) is 3.53. The van der Waals surface area contributed by atoms with Crippen molar-refractivity contribution in [1.29, 1.82) is 5.26 Å².